The lowest BCUT2D eigenvalue weighted by Gasteiger charge is -2.20. The quantitative estimate of drug-likeness (QED) is 0.0423. The summed E-state index contributed by atoms with van der Waals surface area (Å²) in [6, 6.07) is -0.618. The van der Waals surface area contributed by atoms with Gasteiger partial charge in [-0.3, -0.25) is 4.79 Å². The summed E-state index contributed by atoms with van der Waals surface area (Å²) in [6.07, 6.45) is 72.4. The predicted octanol–water partition coefficient (Wildman–Crippen LogP) is 16.6. The van der Waals surface area contributed by atoms with Crippen molar-refractivity contribution in [2.75, 3.05) is 6.61 Å². The van der Waals surface area contributed by atoms with Gasteiger partial charge in [0, 0.05) is 6.42 Å². The van der Waals surface area contributed by atoms with Crippen LogP contribution in [0.5, 0.6) is 0 Å². The Morgan fingerprint density at radius 1 is 0.424 bits per heavy atom. The molecule has 0 bridgehead atoms. The minimum atomic E-state index is -0.834. The Balaban J connectivity index is 3.35. The second-order valence-electron chi connectivity index (χ2n) is 17.2. The van der Waals surface area contributed by atoms with Gasteiger partial charge in [0.2, 0.25) is 5.91 Å². The lowest BCUT2D eigenvalue weighted by Crippen LogP contribution is -2.45. The largest absolute Gasteiger partial charge is 0.394 e. The fourth-order valence-electron chi connectivity index (χ4n) is 7.56. The number of aliphatic hydroxyl groups excluding tert-OH is 2. The van der Waals surface area contributed by atoms with E-state index in [1.807, 2.05) is 6.08 Å². The highest BCUT2D eigenvalue weighted by atomic mass is 16.3. The number of allylic oxidation sites excluding steroid dienone is 11. The SMILES string of the molecule is CC/C=C\C/C=C\C/C=C\C/C=C\C/C=C\CCCCCCCCCCCCCCCCCCCCCCCCCCCC(=O)NC(CO)C(O)/C=C/CCCCCC. The van der Waals surface area contributed by atoms with Crippen LogP contribution >= 0.6 is 0 Å². The Bertz CT molecular complexity index is 1020. The average molecular weight is 822 g/mol. The molecule has 0 radical (unpaired) electrons. The molecule has 0 aliphatic rings. The molecule has 0 saturated heterocycles. The fraction of sp³-hybridized carbons (Fsp3) is 0.764. The second kappa shape index (κ2) is 50.2. The van der Waals surface area contributed by atoms with Gasteiger partial charge in [-0.1, -0.05) is 254 Å². The van der Waals surface area contributed by atoms with Crippen LogP contribution in [0.3, 0.4) is 0 Å². The zero-order chi connectivity index (χ0) is 42.8. The van der Waals surface area contributed by atoms with E-state index < -0.39 is 12.1 Å². The van der Waals surface area contributed by atoms with Crippen LogP contribution in [0.4, 0.5) is 0 Å². The van der Waals surface area contributed by atoms with Crippen LogP contribution < -0.4 is 5.32 Å². The molecule has 0 aliphatic carbocycles. The van der Waals surface area contributed by atoms with Crippen molar-refractivity contribution in [2.24, 2.45) is 0 Å². The van der Waals surface area contributed by atoms with Gasteiger partial charge >= 0.3 is 0 Å². The first kappa shape index (κ1) is 56.8. The van der Waals surface area contributed by atoms with Gasteiger partial charge in [0.1, 0.15) is 0 Å². The van der Waals surface area contributed by atoms with Gasteiger partial charge in [-0.25, -0.2) is 0 Å². The van der Waals surface area contributed by atoms with Crippen molar-refractivity contribution in [3.8, 4) is 0 Å². The minimum Gasteiger partial charge on any atom is -0.394 e. The van der Waals surface area contributed by atoms with Crippen LogP contribution in [-0.2, 0) is 4.79 Å². The Labute approximate surface area is 368 Å². The molecular weight excluding hydrogens is 723 g/mol. The monoisotopic (exact) mass is 822 g/mol. The van der Waals surface area contributed by atoms with Crippen molar-refractivity contribution in [3.63, 3.8) is 0 Å². The molecule has 2 unspecified atom stereocenters. The highest BCUT2D eigenvalue weighted by molar-refractivity contribution is 5.76. The Morgan fingerprint density at radius 2 is 0.746 bits per heavy atom. The van der Waals surface area contributed by atoms with E-state index in [-0.39, 0.29) is 12.5 Å². The fourth-order valence-corrected chi connectivity index (χ4v) is 7.56. The van der Waals surface area contributed by atoms with E-state index in [1.165, 1.54) is 173 Å². The Kier molecular flexibility index (Phi) is 48.3. The molecule has 4 heteroatoms. The number of aliphatic hydroxyl groups is 2. The molecule has 0 aromatic rings. The van der Waals surface area contributed by atoms with E-state index in [0.717, 1.165) is 57.8 Å². The molecule has 0 spiro atoms. The molecule has 0 rings (SSSR count). The minimum absolute atomic E-state index is 0.0678. The second-order valence-corrected chi connectivity index (χ2v) is 17.2. The third kappa shape index (κ3) is 46.7. The average Bonchev–Trinajstić information content (AvgIpc) is 3.24. The van der Waals surface area contributed by atoms with E-state index in [1.54, 1.807) is 6.08 Å². The number of amides is 1. The van der Waals surface area contributed by atoms with Gasteiger partial charge in [-0.05, 0) is 64.2 Å². The van der Waals surface area contributed by atoms with Gasteiger partial charge in [0.25, 0.3) is 0 Å². The van der Waals surface area contributed by atoms with Crippen molar-refractivity contribution < 1.29 is 15.0 Å². The van der Waals surface area contributed by atoms with Gasteiger partial charge < -0.3 is 15.5 Å². The molecule has 2 atom stereocenters. The number of nitrogens with one attached hydrogen (secondary N) is 1. The number of unbranched alkanes of at least 4 members (excludes halogenated alkanes) is 29. The maximum atomic E-state index is 12.3. The third-order valence-electron chi connectivity index (χ3n) is 11.4. The van der Waals surface area contributed by atoms with E-state index in [4.69, 9.17) is 0 Å². The van der Waals surface area contributed by atoms with Gasteiger partial charge in [0.05, 0.1) is 18.8 Å². The molecule has 1 amide bonds. The van der Waals surface area contributed by atoms with Crippen LogP contribution in [0, 0.1) is 0 Å². The number of hydrogen-bond donors (Lipinski definition) is 3. The third-order valence-corrected chi connectivity index (χ3v) is 11.4. The topological polar surface area (TPSA) is 69.6 Å². The molecule has 0 fully saturated rings. The van der Waals surface area contributed by atoms with Crippen LogP contribution in [-0.4, -0.2) is 34.9 Å². The Morgan fingerprint density at radius 3 is 1.12 bits per heavy atom. The molecular formula is C55H99NO3. The molecule has 0 aromatic heterocycles. The summed E-state index contributed by atoms with van der Waals surface area (Å²) >= 11 is 0. The van der Waals surface area contributed by atoms with Gasteiger partial charge in [-0.15, -0.1) is 0 Å². The molecule has 4 nitrogen and oxygen atoms in total. The lowest BCUT2D eigenvalue weighted by atomic mass is 10.0. The van der Waals surface area contributed by atoms with E-state index in [9.17, 15) is 15.0 Å². The zero-order valence-corrected chi connectivity index (χ0v) is 39.3. The molecule has 0 saturated carbocycles. The summed E-state index contributed by atoms with van der Waals surface area (Å²) in [6.45, 7) is 4.12. The molecule has 0 aromatic carbocycles. The first-order chi connectivity index (χ1) is 29.2. The highest BCUT2D eigenvalue weighted by Gasteiger charge is 2.17. The smallest absolute Gasteiger partial charge is 0.220 e. The molecule has 0 aliphatic heterocycles. The van der Waals surface area contributed by atoms with Crippen molar-refractivity contribution >= 4 is 5.91 Å². The summed E-state index contributed by atoms with van der Waals surface area (Å²) in [5.74, 6) is -0.0678. The maximum Gasteiger partial charge on any atom is 0.220 e. The summed E-state index contributed by atoms with van der Waals surface area (Å²) < 4.78 is 0. The van der Waals surface area contributed by atoms with Crippen molar-refractivity contribution in [1.82, 2.24) is 5.32 Å². The summed E-state index contributed by atoms with van der Waals surface area (Å²) in [4.78, 5) is 12.3. The zero-order valence-electron chi connectivity index (χ0n) is 39.3. The Hall–Kier alpha value is -2.17. The van der Waals surface area contributed by atoms with Crippen molar-refractivity contribution in [1.29, 1.82) is 0 Å². The van der Waals surface area contributed by atoms with E-state index in [2.05, 4.69) is 79.9 Å². The lowest BCUT2D eigenvalue weighted by molar-refractivity contribution is -0.123. The van der Waals surface area contributed by atoms with Crippen LogP contribution in [0.1, 0.15) is 251 Å². The summed E-state index contributed by atoms with van der Waals surface area (Å²) in [5.41, 5.74) is 0. The van der Waals surface area contributed by atoms with Crippen LogP contribution in [0.25, 0.3) is 0 Å². The molecule has 0 heterocycles. The number of carbonyl (C=O) groups excluding carboxylic acids is 1. The number of carbonyl (C=O) groups is 1. The predicted molar refractivity (Wildman–Crippen MR) is 262 cm³/mol. The van der Waals surface area contributed by atoms with E-state index >= 15 is 0 Å². The highest BCUT2D eigenvalue weighted by Crippen LogP contribution is 2.16. The molecule has 59 heavy (non-hydrogen) atoms. The van der Waals surface area contributed by atoms with Crippen LogP contribution in [0.2, 0.25) is 0 Å². The first-order valence-corrected chi connectivity index (χ1v) is 25.7. The summed E-state index contributed by atoms with van der Waals surface area (Å²) in [5, 5.41) is 22.7. The van der Waals surface area contributed by atoms with Gasteiger partial charge in [0.15, 0.2) is 0 Å². The van der Waals surface area contributed by atoms with Crippen molar-refractivity contribution in [2.45, 2.75) is 264 Å². The maximum absolute atomic E-state index is 12.3. The van der Waals surface area contributed by atoms with Crippen molar-refractivity contribution in [3.05, 3.63) is 72.9 Å². The molecule has 342 valence electrons. The van der Waals surface area contributed by atoms with E-state index in [0.29, 0.717) is 6.42 Å². The first-order valence-electron chi connectivity index (χ1n) is 25.7. The number of rotatable bonds is 46. The number of hydrogen-bond acceptors (Lipinski definition) is 3. The standard InChI is InChI=1S/C55H99NO3/c1-3-5-7-9-11-12-13-14-15-16-17-18-19-20-21-22-23-24-25-26-27-28-29-30-31-32-33-34-35-36-37-38-39-40-41-42-43-44-45-47-49-51-55(59)56-53(52-57)54(58)50-48-46-10-8-6-4-2/h5,7,11-12,14-15,17-18,20-21,48,50,53-54,57-58H,3-4,6,8-10,13,16,19,22-47,49,51-52H2,1-2H3,(H,56,59)/b7-5-,12-11-,15-14-,18-17-,21-20-,50-48+. The van der Waals surface area contributed by atoms with Crippen LogP contribution in [0.15, 0.2) is 72.9 Å². The molecule has 3 N–H and O–H groups in total. The summed E-state index contributed by atoms with van der Waals surface area (Å²) in [7, 11) is 0. The normalized spacial score (nSPS) is 13.5. The van der Waals surface area contributed by atoms with Gasteiger partial charge in [-0.2, -0.15) is 0 Å².